The van der Waals surface area contributed by atoms with Gasteiger partial charge in [0.15, 0.2) is 6.61 Å². The van der Waals surface area contributed by atoms with E-state index in [1.807, 2.05) is 25.1 Å². The van der Waals surface area contributed by atoms with Crippen LogP contribution in [0.2, 0.25) is 0 Å². The van der Waals surface area contributed by atoms with Gasteiger partial charge in [-0.25, -0.2) is 4.39 Å². The third-order valence-corrected chi connectivity index (χ3v) is 4.45. The summed E-state index contributed by atoms with van der Waals surface area (Å²) in [6, 6.07) is 21.2. The molecule has 0 aliphatic rings. The number of anilines is 2. The summed E-state index contributed by atoms with van der Waals surface area (Å²) in [6.45, 7) is 1.64. The highest BCUT2D eigenvalue weighted by molar-refractivity contribution is 6.09. The Hall–Kier alpha value is -4.44. The van der Waals surface area contributed by atoms with Crippen molar-refractivity contribution in [2.75, 3.05) is 17.2 Å². The Morgan fingerprint density at radius 3 is 2.34 bits per heavy atom. The normalized spacial score (nSPS) is 10.7. The lowest BCUT2D eigenvalue weighted by molar-refractivity contribution is -0.118. The van der Waals surface area contributed by atoms with Crippen molar-refractivity contribution < 1.29 is 18.7 Å². The van der Waals surface area contributed by atoms with Gasteiger partial charge in [0.1, 0.15) is 23.2 Å². The molecule has 0 fully saturated rings. The molecule has 0 aromatic heterocycles. The van der Waals surface area contributed by atoms with Crippen LogP contribution in [0.5, 0.6) is 5.75 Å². The summed E-state index contributed by atoms with van der Waals surface area (Å²) in [5, 5.41) is 14.7. The number of carbonyl (C=O) groups is 2. The fourth-order valence-electron chi connectivity index (χ4n) is 2.76. The lowest BCUT2D eigenvalue weighted by atomic mass is 10.1. The lowest BCUT2D eigenvalue weighted by Gasteiger charge is -2.08. The summed E-state index contributed by atoms with van der Waals surface area (Å²) in [5.41, 5.74) is 2.59. The average molecular weight is 429 g/mol. The van der Waals surface area contributed by atoms with E-state index in [9.17, 15) is 19.2 Å². The lowest BCUT2D eigenvalue weighted by Crippen LogP contribution is -2.20. The minimum Gasteiger partial charge on any atom is -0.484 e. The highest BCUT2D eigenvalue weighted by atomic mass is 19.1. The molecular formula is C25H20FN3O3. The van der Waals surface area contributed by atoms with E-state index in [-0.39, 0.29) is 23.9 Å². The third-order valence-electron chi connectivity index (χ3n) is 4.45. The number of amides is 2. The second kappa shape index (κ2) is 10.5. The number of benzene rings is 3. The number of nitriles is 1. The van der Waals surface area contributed by atoms with Crippen LogP contribution in [0.25, 0.3) is 6.08 Å². The van der Waals surface area contributed by atoms with Gasteiger partial charge >= 0.3 is 0 Å². The Morgan fingerprint density at radius 2 is 1.69 bits per heavy atom. The number of carbonyl (C=O) groups excluding carboxylic acids is 2. The summed E-state index contributed by atoms with van der Waals surface area (Å²) < 4.78 is 18.3. The van der Waals surface area contributed by atoms with Gasteiger partial charge < -0.3 is 15.4 Å². The van der Waals surface area contributed by atoms with Crippen LogP contribution in [0.15, 0.2) is 78.4 Å². The van der Waals surface area contributed by atoms with E-state index in [2.05, 4.69) is 10.6 Å². The van der Waals surface area contributed by atoms with Crippen LogP contribution in [0.3, 0.4) is 0 Å². The molecule has 0 heterocycles. The van der Waals surface area contributed by atoms with Gasteiger partial charge in [-0.1, -0.05) is 30.3 Å². The Bertz CT molecular complexity index is 1180. The summed E-state index contributed by atoms with van der Waals surface area (Å²) in [4.78, 5) is 24.4. The SMILES string of the molecule is Cc1ccccc1NC(=O)C(C#N)=Cc1ccc(OCC(=O)Nc2ccc(F)cc2)cc1. The molecule has 0 atom stereocenters. The Labute approximate surface area is 185 Å². The smallest absolute Gasteiger partial charge is 0.266 e. The molecule has 160 valence electrons. The fourth-order valence-corrected chi connectivity index (χ4v) is 2.76. The molecule has 0 saturated heterocycles. The molecule has 3 aromatic rings. The van der Waals surface area contributed by atoms with Crippen molar-refractivity contribution in [3.05, 3.63) is 95.3 Å². The zero-order chi connectivity index (χ0) is 22.9. The van der Waals surface area contributed by atoms with Crippen molar-refractivity contribution in [1.82, 2.24) is 0 Å². The molecule has 2 amide bonds. The first-order valence-electron chi connectivity index (χ1n) is 9.71. The molecule has 0 aliphatic carbocycles. The van der Waals surface area contributed by atoms with E-state index in [1.165, 1.54) is 30.3 Å². The molecule has 0 unspecified atom stereocenters. The van der Waals surface area contributed by atoms with Gasteiger partial charge in [0.05, 0.1) is 0 Å². The molecule has 0 aliphatic heterocycles. The second-order valence-corrected chi connectivity index (χ2v) is 6.85. The van der Waals surface area contributed by atoms with E-state index < -0.39 is 5.91 Å². The minimum absolute atomic E-state index is 0.0411. The highest BCUT2D eigenvalue weighted by Gasteiger charge is 2.11. The van der Waals surface area contributed by atoms with E-state index in [0.29, 0.717) is 22.7 Å². The van der Waals surface area contributed by atoms with Crippen LogP contribution in [-0.2, 0) is 9.59 Å². The number of aryl methyl sites for hydroxylation is 1. The van der Waals surface area contributed by atoms with Gasteiger partial charge in [-0.15, -0.1) is 0 Å². The molecule has 2 N–H and O–H groups in total. The summed E-state index contributed by atoms with van der Waals surface area (Å²) in [7, 11) is 0. The van der Waals surface area contributed by atoms with Gasteiger partial charge in [0.2, 0.25) is 0 Å². The van der Waals surface area contributed by atoms with Crippen LogP contribution >= 0.6 is 0 Å². The molecular weight excluding hydrogens is 409 g/mol. The van der Waals surface area contributed by atoms with Crippen molar-refractivity contribution in [2.24, 2.45) is 0 Å². The van der Waals surface area contributed by atoms with E-state index in [4.69, 9.17) is 4.74 Å². The zero-order valence-electron chi connectivity index (χ0n) is 17.3. The number of ether oxygens (including phenoxy) is 1. The van der Waals surface area contributed by atoms with Crippen molar-refractivity contribution in [1.29, 1.82) is 5.26 Å². The minimum atomic E-state index is -0.500. The Kier molecular flexibility index (Phi) is 7.33. The molecule has 3 rings (SSSR count). The van der Waals surface area contributed by atoms with Crippen molar-refractivity contribution >= 4 is 29.3 Å². The second-order valence-electron chi connectivity index (χ2n) is 6.85. The van der Waals surface area contributed by atoms with Crippen LogP contribution < -0.4 is 15.4 Å². The average Bonchev–Trinajstić information content (AvgIpc) is 2.80. The maximum absolute atomic E-state index is 12.9. The molecule has 6 nitrogen and oxygen atoms in total. The first-order valence-corrected chi connectivity index (χ1v) is 9.71. The monoisotopic (exact) mass is 429 g/mol. The number of hydrogen-bond donors (Lipinski definition) is 2. The number of rotatable bonds is 7. The molecule has 3 aromatic carbocycles. The van der Waals surface area contributed by atoms with Crippen molar-refractivity contribution in [3.8, 4) is 11.8 Å². The number of nitrogens with zero attached hydrogens (tertiary/aromatic N) is 1. The summed E-state index contributed by atoms with van der Waals surface area (Å²) in [5.74, 6) is -0.834. The first-order chi connectivity index (χ1) is 15.4. The largest absolute Gasteiger partial charge is 0.484 e. The van der Waals surface area contributed by atoms with Gasteiger partial charge in [-0.05, 0) is 66.6 Å². The highest BCUT2D eigenvalue weighted by Crippen LogP contribution is 2.17. The molecule has 0 bridgehead atoms. The number of para-hydroxylation sites is 1. The van der Waals surface area contributed by atoms with Crippen LogP contribution in [-0.4, -0.2) is 18.4 Å². The number of hydrogen-bond acceptors (Lipinski definition) is 4. The molecule has 0 radical (unpaired) electrons. The predicted molar refractivity (Wildman–Crippen MR) is 120 cm³/mol. The Morgan fingerprint density at radius 1 is 1.00 bits per heavy atom. The van der Waals surface area contributed by atoms with Crippen LogP contribution in [0.4, 0.5) is 15.8 Å². The van der Waals surface area contributed by atoms with Gasteiger partial charge in [0.25, 0.3) is 11.8 Å². The number of halogens is 1. The van der Waals surface area contributed by atoms with E-state index >= 15 is 0 Å². The van der Waals surface area contributed by atoms with Crippen molar-refractivity contribution in [2.45, 2.75) is 6.92 Å². The molecule has 32 heavy (non-hydrogen) atoms. The molecule has 7 heteroatoms. The first kappa shape index (κ1) is 22.2. The maximum Gasteiger partial charge on any atom is 0.266 e. The Balaban J connectivity index is 1.57. The van der Waals surface area contributed by atoms with Crippen LogP contribution in [0.1, 0.15) is 11.1 Å². The zero-order valence-corrected chi connectivity index (χ0v) is 17.3. The quantitative estimate of drug-likeness (QED) is 0.421. The maximum atomic E-state index is 12.9. The van der Waals surface area contributed by atoms with Crippen molar-refractivity contribution in [3.63, 3.8) is 0 Å². The summed E-state index contributed by atoms with van der Waals surface area (Å²) in [6.07, 6.45) is 1.47. The summed E-state index contributed by atoms with van der Waals surface area (Å²) >= 11 is 0. The van der Waals surface area contributed by atoms with Gasteiger partial charge in [-0.2, -0.15) is 5.26 Å². The fraction of sp³-hybridized carbons (Fsp3) is 0.0800. The predicted octanol–water partition coefficient (Wildman–Crippen LogP) is 4.70. The van der Waals surface area contributed by atoms with E-state index in [0.717, 1.165) is 5.56 Å². The number of nitrogens with one attached hydrogen (secondary N) is 2. The van der Waals surface area contributed by atoms with Gasteiger partial charge in [-0.3, -0.25) is 9.59 Å². The standard InChI is InChI=1S/C25H20FN3O3/c1-17-4-2-3-5-23(17)29-25(31)19(15-27)14-18-6-12-22(13-7-18)32-16-24(30)28-21-10-8-20(26)9-11-21/h2-14H,16H2,1H3,(H,28,30)(H,29,31). The van der Waals surface area contributed by atoms with Gasteiger partial charge in [0, 0.05) is 11.4 Å². The topological polar surface area (TPSA) is 91.2 Å². The third kappa shape index (κ3) is 6.28. The van der Waals surface area contributed by atoms with E-state index in [1.54, 1.807) is 36.4 Å². The molecule has 0 saturated carbocycles. The van der Waals surface area contributed by atoms with Crippen LogP contribution in [0, 0.1) is 24.1 Å². The molecule has 0 spiro atoms.